The van der Waals surface area contributed by atoms with Crippen LogP contribution in [0.1, 0.15) is 61.3 Å². The quantitative estimate of drug-likeness (QED) is 0.268. The highest BCUT2D eigenvalue weighted by Gasteiger charge is 2.47. The van der Waals surface area contributed by atoms with Crippen molar-refractivity contribution in [2.24, 2.45) is 19.5 Å². The summed E-state index contributed by atoms with van der Waals surface area (Å²) in [5, 5.41) is 2.39. The number of ether oxygens (including phenoxy) is 2. The molecular weight excluding hydrogens is 699 g/mol. The van der Waals surface area contributed by atoms with Crippen molar-refractivity contribution in [1.82, 2.24) is 28.8 Å². The van der Waals surface area contributed by atoms with E-state index in [-0.39, 0.29) is 23.6 Å². The monoisotopic (exact) mass is 751 g/mol. The van der Waals surface area contributed by atoms with Crippen molar-refractivity contribution < 1.29 is 19.1 Å². The lowest BCUT2D eigenvalue weighted by atomic mass is 9.70. The molecular formula is C42H53N7O6. The molecule has 55 heavy (non-hydrogen) atoms. The van der Waals surface area contributed by atoms with E-state index in [4.69, 9.17) is 9.47 Å². The maximum absolute atomic E-state index is 13.3. The number of methoxy groups -OCH3 is 2. The van der Waals surface area contributed by atoms with Gasteiger partial charge < -0.3 is 18.9 Å². The van der Waals surface area contributed by atoms with Gasteiger partial charge in [0.05, 0.1) is 30.8 Å². The second-order valence-electron chi connectivity index (χ2n) is 16.3. The zero-order chi connectivity index (χ0) is 38.8. The molecule has 1 N–H and O–H groups in total. The molecule has 1 spiro atoms. The average Bonchev–Trinajstić information content (AvgIpc) is 3.42. The Balaban J connectivity index is 0.865. The van der Waals surface area contributed by atoms with Gasteiger partial charge in [0.1, 0.15) is 17.5 Å². The lowest BCUT2D eigenvalue weighted by molar-refractivity contribution is -0.135. The Morgan fingerprint density at radius 2 is 1.51 bits per heavy atom. The number of imide groups is 1. The van der Waals surface area contributed by atoms with Crippen LogP contribution in [0.25, 0.3) is 22.2 Å². The van der Waals surface area contributed by atoms with Gasteiger partial charge in [-0.05, 0) is 106 Å². The van der Waals surface area contributed by atoms with Crippen molar-refractivity contribution >= 4 is 28.5 Å². The van der Waals surface area contributed by atoms with Crippen LogP contribution in [-0.4, -0.2) is 94.8 Å². The lowest BCUT2D eigenvalue weighted by Crippen LogP contribution is -2.64. The minimum atomic E-state index is -0.678. The number of rotatable bonds is 8. The fourth-order valence-corrected chi connectivity index (χ4v) is 9.64. The second-order valence-corrected chi connectivity index (χ2v) is 16.3. The second kappa shape index (κ2) is 14.3. The molecule has 292 valence electrons. The Kier molecular flexibility index (Phi) is 9.65. The number of aryl methyl sites for hydroxylation is 2. The first-order valence-electron chi connectivity index (χ1n) is 19.6. The molecule has 13 nitrogen and oxygen atoms in total. The molecule has 4 aliphatic heterocycles. The van der Waals surface area contributed by atoms with Crippen molar-refractivity contribution in [2.75, 3.05) is 58.4 Å². The third-order valence-electron chi connectivity index (χ3n) is 13.2. The number of amides is 2. The summed E-state index contributed by atoms with van der Waals surface area (Å²) in [7, 11) is 6.96. The van der Waals surface area contributed by atoms with E-state index in [2.05, 4.69) is 44.3 Å². The van der Waals surface area contributed by atoms with Gasteiger partial charge in [0.25, 0.3) is 5.56 Å². The number of anilines is 1. The average molecular weight is 752 g/mol. The van der Waals surface area contributed by atoms with Crippen molar-refractivity contribution in [3.05, 3.63) is 74.1 Å². The summed E-state index contributed by atoms with van der Waals surface area (Å²) in [6.45, 7) is 10.9. The number of carbonyl (C=O) groups is 2. The minimum absolute atomic E-state index is 0.0161. The molecule has 1 atom stereocenters. The Hall–Kier alpha value is -4.88. The van der Waals surface area contributed by atoms with E-state index >= 15 is 0 Å². The van der Waals surface area contributed by atoms with Crippen molar-refractivity contribution in [3.63, 3.8) is 0 Å². The molecule has 0 aliphatic carbocycles. The summed E-state index contributed by atoms with van der Waals surface area (Å²) in [6.07, 6.45) is 7.01. The van der Waals surface area contributed by atoms with Crippen molar-refractivity contribution in [2.45, 2.75) is 71.0 Å². The topological polar surface area (TPSA) is 123 Å². The lowest BCUT2D eigenvalue weighted by Gasteiger charge is -2.57. The fraction of sp³-hybridized carbons (Fsp3) is 0.524. The maximum atomic E-state index is 13.3. The number of likely N-dealkylation sites (tertiary alicyclic amines) is 2. The van der Waals surface area contributed by atoms with E-state index in [1.165, 1.54) is 0 Å². The van der Waals surface area contributed by atoms with E-state index in [1.54, 1.807) is 42.0 Å². The maximum Gasteiger partial charge on any atom is 0.329 e. The summed E-state index contributed by atoms with van der Waals surface area (Å²) >= 11 is 0. The van der Waals surface area contributed by atoms with Crippen LogP contribution in [0.3, 0.4) is 0 Å². The highest BCUT2D eigenvalue weighted by Crippen LogP contribution is 2.44. The molecule has 0 bridgehead atoms. The number of hydrogen-bond donors (Lipinski definition) is 1. The summed E-state index contributed by atoms with van der Waals surface area (Å²) in [5.41, 5.74) is 7.49. The van der Waals surface area contributed by atoms with Gasteiger partial charge >= 0.3 is 5.69 Å². The van der Waals surface area contributed by atoms with Crippen molar-refractivity contribution in [1.29, 1.82) is 0 Å². The number of fused-ring (bicyclic) bond motifs is 1. The van der Waals surface area contributed by atoms with E-state index in [0.29, 0.717) is 17.9 Å². The fourth-order valence-electron chi connectivity index (χ4n) is 9.64. The third-order valence-corrected chi connectivity index (χ3v) is 13.2. The van der Waals surface area contributed by atoms with Crippen LogP contribution in [0, 0.1) is 19.3 Å². The van der Waals surface area contributed by atoms with Crippen LogP contribution in [0.15, 0.2) is 46.1 Å². The number of carbonyl (C=O) groups excluding carboxylic acids is 2. The van der Waals surface area contributed by atoms with Gasteiger partial charge in [0.15, 0.2) is 0 Å². The molecule has 4 aliphatic rings. The normalized spacial score (nSPS) is 20.9. The predicted octanol–water partition coefficient (Wildman–Crippen LogP) is 3.88. The smallest absolute Gasteiger partial charge is 0.329 e. The SMILES string of the molecule is COc1cc(-c2cn(C)c(=O)c(C)c2C)cc(OC)c1CN1CCC(N2CC3(CCN(c4ccc5c(c4)n(C)c(=O)n5C4CCC(=O)NC4=O)CC3)C2)CC1. The van der Waals surface area contributed by atoms with Crippen LogP contribution in [0.2, 0.25) is 0 Å². The number of benzene rings is 2. The Morgan fingerprint density at radius 1 is 0.836 bits per heavy atom. The van der Waals surface area contributed by atoms with Gasteiger partial charge in [-0.1, -0.05) is 0 Å². The minimum Gasteiger partial charge on any atom is -0.496 e. The molecule has 13 heteroatoms. The summed E-state index contributed by atoms with van der Waals surface area (Å²) in [5.74, 6) is 0.897. The molecule has 6 heterocycles. The zero-order valence-corrected chi connectivity index (χ0v) is 32.9. The van der Waals surface area contributed by atoms with E-state index in [1.807, 2.05) is 26.1 Å². The third kappa shape index (κ3) is 6.54. The van der Waals surface area contributed by atoms with E-state index in [9.17, 15) is 19.2 Å². The molecule has 2 aromatic carbocycles. The number of pyridine rings is 1. The molecule has 1 unspecified atom stereocenters. The number of aromatic nitrogens is 3. The number of nitrogens with one attached hydrogen (secondary N) is 1. The summed E-state index contributed by atoms with van der Waals surface area (Å²) in [4.78, 5) is 57.7. The first-order valence-corrected chi connectivity index (χ1v) is 19.6. The highest BCUT2D eigenvalue weighted by atomic mass is 16.5. The van der Waals surface area contributed by atoms with Crippen molar-refractivity contribution in [3.8, 4) is 22.6 Å². The summed E-state index contributed by atoms with van der Waals surface area (Å²) < 4.78 is 16.7. The van der Waals surface area contributed by atoms with Gasteiger partial charge in [-0.2, -0.15) is 0 Å². The summed E-state index contributed by atoms with van der Waals surface area (Å²) in [6, 6.07) is 10.2. The molecule has 4 fully saturated rings. The number of nitrogens with zero attached hydrogens (tertiary/aromatic N) is 6. The van der Waals surface area contributed by atoms with Crippen LogP contribution >= 0.6 is 0 Å². The largest absolute Gasteiger partial charge is 0.496 e. The standard InChI is InChI=1S/C42H53N7O6/c1-26-27(2)40(52)44(3)22-31(26)28-19-36(54-5)32(37(20-28)55-6)23-46-15-11-29(12-16-46)48-24-42(25-48)13-17-47(18-14-42)30-7-8-33-35(21-30)45(4)41(53)49(33)34-9-10-38(50)43-39(34)51/h7-8,19-22,29,34H,9-18,23-25H2,1-6H3,(H,43,50,51). The van der Waals surface area contributed by atoms with Gasteiger partial charge in [-0.25, -0.2) is 4.79 Å². The predicted molar refractivity (Wildman–Crippen MR) is 212 cm³/mol. The molecule has 0 saturated carbocycles. The highest BCUT2D eigenvalue weighted by molar-refractivity contribution is 6.00. The molecule has 2 aromatic heterocycles. The zero-order valence-electron chi connectivity index (χ0n) is 32.9. The Morgan fingerprint density at radius 3 is 2.15 bits per heavy atom. The molecule has 0 radical (unpaired) electrons. The number of hydrogen-bond acceptors (Lipinski definition) is 9. The first-order chi connectivity index (χ1) is 26.4. The van der Waals surface area contributed by atoms with Crippen LogP contribution in [0.4, 0.5) is 5.69 Å². The van der Waals surface area contributed by atoms with Crippen LogP contribution in [0.5, 0.6) is 11.5 Å². The van der Waals surface area contributed by atoms with E-state index < -0.39 is 11.9 Å². The number of piperidine rings is 3. The van der Waals surface area contributed by atoms with Gasteiger partial charge in [0, 0.05) is 82.3 Å². The van der Waals surface area contributed by atoms with Gasteiger partial charge in [-0.15, -0.1) is 0 Å². The Bertz CT molecular complexity index is 2260. The molecule has 4 aromatic rings. The van der Waals surface area contributed by atoms with Gasteiger partial charge in [-0.3, -0.25) is 38.6 Å². The Labute approximate surface area is 321 Å². The van der Waals surface area contributed by atoms with Crippen LogP contribution in [-0.2, 0) is 30.2 Å². The van der Waals surface area contributed by atoms with Gasteiger partial charge in [0.2, 0.25) is 11.8 Å². The molecule has 2 amide bonds. The number of imidazole rings is 1. The van der Waals surface area contributed by atoms with E-state index in [0.717, 1.165) is 128 Å². The molecule has 4 saturated heterocycles. The van der Waals surface area contributed by atoms with Crippen LogP contribution < -0.4 is 30.9 Å². The first kappa shape index (κ1) is 37.1. The molecule has 8 rings (SSSR count).